The first kappa shape index (κ1) is 15.5. The monoisotopic (exact) mass is 349 g/mol. The Bertz CT molecular complexity index is 1330. The second kappa shape index (κ2) is 6.22. The van der Waals surface area contributed by atoms with Crippen LogP contribution in [0, 0.1) is 0 Å². The average molecular weight is 349 g/mol. The Hall–Kier alpha value is -3.72. The zero-order valence-electron chi connectivity index (χ0n) is 14.4. The van der Waals surface area contributed by atoms with Crippen LogP contribution in [0.3, 0.4) is 0 Å². The third kappa shape index (κ3) is 2.52. The Morgan fingerprint density at radius 3 is 2.26 bits per heavy atom. The minimum atomic E-state index is -0.0699. The predicted molar refractivity (Wildman–Crippen MR) is 109 cm³/mol. The van der Waals surface area contributed by atoms with Crippen molar-refractivity contribution in [2.75, 3.05) is 0 Å². The van der Waals surface area contributed by atoms with Crippen molar-refractivity contribution in [1.29, 1.82) is 0 Å². The molecule has 0 unspecified atom stereocenters. The Balaban J connectivity index is 1.96. The van der Waals surface area contributed by atoms with Gasteiger partial charge >= 0.3 is 0 Å². The summed E-state index contributed by atoms with van der Waals surface area (Å²) in [4.78, 5) is 18.0. The topological polar surface area (TPSA) is 43.1 Å². The predicted octanol–water partition coefficient (Wildman–Crippen LogP) is 5.68. The van der Waals surface area contributed by atoms with Gasteiger partial charge in [0.15, 0.2) is 0 Å². The van der Waals surface area contributed by atoms with Crippen LogP contribution in [0.25, 0.3) is 44.3 Å². The van der Waals surface area contributed by atoms with Crippen molar-refractivity contribution in [3.05, 3.63) is 101 Å². The lowest BCUT2D eigenvalue weighted by molar-refractivity contribution is 0.620. The summed E-state index contributed by atoms with van der Waals surface area (Å²) in [7, 11) is 0. The van der Waals surface area contributed by atoms with E-state index in [0.717, 1.165) is 16.3 Å². The molecule has 3 heteroatoms. The highest BCUT2D eigenvalue weighted by Gasteiger charge is 2.20. The molecule has 0 N–H and O–H groups in total. The van der Waals surface area contributed by atoms with Crippen molar-refractivity contribution >= 4 is 21.7 Å². The van der Waals surface area contributed by atoms with E-state index in [1.165, 1.54) is 0 Å². The third-order valence-electron chi connectivity index (χ3n) is 4.74. The lowest BCUT2D eigenvalue weighted by Crippen LogP contribution is -2.08. The molecule has 2 aromatic heterocycles. The van der Waals surface area contributed by atoms with Crippen LogP contribution in [-0.2, 0) is 0 Å². The standard InChI is InChI=1S/C24H15NO2/c26-23-19-12-6-7-13-20(19)27-24(17-9-2-1-3-10-17)21(23)22-18-11-5-4-8-16(18)14-15-25-22/h1-15H. The number of hydrogen-bond donors (Lipinski definition) is 0. The van der Waals surface area contributed by atoms with Crippen molar-refractivity contribution in [3.8, 4) is 22.6 Å². The van der Waals surface area contributed by atoms with Crippen molar-refractivity contribution in [1.82, 2.24) is 4.98 Å². The number of nitrogens with zero attached hydrogens (tertiary/aromatic N) is 1. The molecule has 0 radical (unpaired) electrons. The lowest BCUT2D eigenvalue weighted by atomic mass is 9.98. The summed E-state index contributed by atoms with van der Waals surface area (Å²) >= 11 is 0. The summed E-state index contributed by atoms with van der Waals surface area (Å²) < 4.78 is 6.22. The summed E-state index contributed by atoms with van der Waals surface area (Å²) in [5.41, 5.74) is 2.50. The molecule has 0 saturated heterocycles. The average Bonchev–Trinajstić information content (AvgIpc) is 2.74. The van der Waals surface area contributed by atoms with E-state index in [9.17, 15) is 4.79 Å². The molecular formula is C24H15NO2. The van der Waals surface area contributed by atoms with Gasteiger partial charge in [-0.2, -0.15) is 0 Å². The van der Waals surface area contributed by atoms with Gasteiger partial charge in [0.1, 0.15) is 11.3 Å². The molecule has 0 aliphatic rings. The van der Waals surface area contributed by atoms with Crippen LogP contribution in [0.4, 0.5) is 0 Å². The normalized spacial score (nSPS) is 11.1. The zero-order chi connectivity index (χ0) is 18.2. The number of aromatic nitrogens is 1. The van der Waals surface area contributed by atoms with Gasteiger partial charge in [-0.25, -0.2) is 0 Å². The Kier molecular flexibility index (Phi) is 3.58. The first-order valence-corrected chi connectivity index (χ1v) is 8.78. The molecule has 3 nitrogen and oxygen atoms in total. The molecule has 0 aliphatic carbocycles. The maximum absolute atomic E-state index is 13.5. The summed E-state index contributed by atoms with van der Waals surface area (Å²) in [5, 5.41) is 2.52. The molecule has 3 aromatic carbocycles. The molecule has 0 bridgehead atoms. The van der Waals surface area contributed by atoms with E-state index in [-0.39, 0.29) is 5.43 Å². The summed E-state index contributed by atoms with van der Waals surface area (Å²) in [6, 6.07) is 26.9. The van der Waals surface area contributed by atoms with Gasteiger partial charge in [-0.3, -0.25) is 9.78 Å². The third-order valence-corrected chi connectivity index (χ3v) is 4.74. The Morgan fingerprint density at radius 2 is 1.41 bits per heavy atom. The van der Waals surface area contributed by atoms with Crippen LogP contribution in [0.5, 0.6) is 0 Å². The van der Waals surface area contributed by atoms with Gasteiger partial charge < -0.3 is 4.42 Å². The molecular weight excluding hydrogens is 334 g/mol. The van der Waals surface area contributed by atoms with Crippen LogP contribution in [0.1, 0.15) is 0 Å². The van der Waals surface area contributed by atoms with E-state index in [0.29, 0.717) is 28.0 Å². The van der Waals surface area contributed by atoms with Crippen LogP contribution >= 0.6 is 0 Å². The van der Waals surface area contributed by atoms with E-state index in [2.05, 4.69) is 4.98 Å². The van der Waals surface area contributed by atoms with Gasteiger partial charge in [-0.05, 0) is 23.6 Å². The highest BCUT2D eigenvalue weighted by molar-refractivity contribution is 5.99. The maximum atomic E-state index is 13.5. The van der Waals surface area contributed by atoms with Gasteiger partial charge in [0.25, 0.3) is 0 Å². The number of benzene rings is 3. The van der Waals surface area contributed by atoms with Crippen molar-refractivity contribution < 1.29 is 4.42 Å². The number of rotatable bonds is 2. The first-order chi connectivity index (χ1) is 13.3. The molecule has 0 aliphatic heterocycles. The van der Waals surface area contributed by atoms with E-state index in [1.54, 1.807) is 12.3 Å². The molecule has 0 amide bonds. The fourth-order valence-corrected chi connectivity index (χ4v) is 3.47. The molecule has 128 valence electrons. The van der Waals surface area contributed by atoms with Crippen LogP contribution in [0.2, 0.25) is 0 Å². The largest absolute Gasteiger partial charge is 0.455 e. The zero-order valence-corrected chi connectivity index (χ0v) is 14.4. The van der Waals surface area contributed by atoms with Gasteiger partial charge in [0.2, 0.25) is 5.43 Å². The summed E-state index contributed by atoms with van der Waals surface area (Å²) in [5.74, 6) is 0.545. The molecule has 0 spiro atoms. The van der Waals surface area contributed by atoms with Crippen LogP contribution in [0.15, 0.2) is 100 Å². The number of fused-ring (bicyclic) bond motifs is 2. The van der Waals surface area contributed by atoms with Gasteiger partial charge in [0, 0.05) is 17.1 Å². The van der Waals surface area contributed by atoms with Crippen LogP contribution < -0.4 is 5.43 Å². The molecule has 0 fully saturated rings. The van der Waals surface area contributed by atoms with Crippen molar-refractivity contribution in [2.45, 2.75) is 0 Å². The second-order valence-electron chi connectivity index (χ2n) is 6.38. The maximum Gasteiger partial charge on any atom is 0.202 e. The second-order valence-corrected chi connectivity index (χ2v) is 6.38. The Labute approximate surface area is 155 Å². The molecule has 27 heavy (non-hydrogen) atoms. The number of hydrogen-bond acceptors (Lipinski definition) is 3. The highest BCUT2D eigenvalue weighted by atomic mass is 16.3. The van der Waals surface area contributed by atoms with Gasteiger partial charge in [-0.15, -0.1) is 0 Å². The molecule has 2 heterocycles. The molecule has 5 rings (SSSR count). The minimum absolute atomic E-state index is 0.0699. The van der Waals surface area contributed by atoms with Crippen molar-refractivity contribution in [3.63, 3.8) is 0 Å². The number of para-hydroxylation sites is 1. The van der Waals surface area contributed by atoms with Crippen LogP contribution in [-0.4, -0.2) is 4.98 Å². The summed E-state index contributed by atoms with van der Waals surface area (Å²) in [6.07, 6.45) is 1.74. The fraction of sp³-hybridized carbons (Fsp3) is 0. The van der Waals surface area contributed by atoms with E-state index < -0.39 is 0 Å². The summed E-state index contributed by atoms with van der Waals surface area (Å²) in [6.45, 7) is 0. The van der Waals surface area contributed by atoms with E-state index in [1.807, 2.05) is 78.9 Å². The van der Waals surface area contributed by atoms with Gasteiger partial charge in [-0.1, -0.05) is 66.7 Å². The van der Waals surface area contributed by atoms with Gasteiger partial charge in [0.05, 0.1) is 16.6 Å². The highest BCUT2D eigenvalue weighted by Crippen LogP contribution is 2.34. The number of pyridine rings is 1. The first-order valence-electron chi connectivity index (χ1n) is 8.78. The molecule has 0 atom stereocenters. The smallest absolute Gasteiger partial charge is 0.202 e. The SMILES string of the molecule is O=c1c(-c2nccc3ccccc23)c(-c2ccccc2)oc2ccccc12. The lowest BCUT2D eigenvalue weighted by Gasteiger charge is -2.11. The quantitative estimate of drug-likeness (QED) is 0.412. The van der Waals surface area contributed by atoms with Crippen molar-refractivity contribution in [2.24, 2.45) is 0 Å². The molecule has 0 saturated carbocycles. The minimum Gasteiger partial charge on any atom is -0.455 e. The Morgan fingerprint density at radius 1 is 0.704 bits per heavy atom. The molecule has 5 aromatic rings. The van der Waals surface area contributed by atoms with E-state index in [4.69, 9.17) is 4.42 Å². The fourth-order valence-electron chi connectivity index (χ4n) is 3.47. The van der Waals surface area contributed by atoms with E-state index >= 15 is 0 Å².